The Labute approximate surface area is 217 Å². The van der Waals surface area contributed by atoms with E-state index in [4.69, 9.17) is 13.9 Å². The lowest BCUT2D eigenvalue weighted by atomic mass is 9.67. The van der Waals surface area contributed by atoms with Gasteiger partial charge in [0.1, 0.15) is 6.61 Å². The summed E-state index contributed by atoms with van der Waals surface area (Å²) in [5.41, 5.74) is 2.43. The average molecular weight is 507 g/mol. The molecule has 0 saturated heterocycles. The molecule has 0 spiro atoms. The Morgan fingerprint density at radius 3 is 2.31 bits per heavy atom. The van der Waals surface area contributed by atoms with Crippen LogP contribution >= 0.6 is 0 Å². The van der Waals surface area contributed by atoms with Crippen molar-refractivity contribution in [3.05, 3.63) is 23.3 Å². The van der Waals surface area contributed by atoms with E-state index in [1.807, 2.05) is 20.8 Å². The summed E-state index contributed by atoms with van der Waals surface area (Å²) in [4.78, 5) is 12.2. The molecule has 0 bridgehead atoms. The fourth-order valence-corrected chi connectivity index (χ4v) is 6.20. The summed E-state index contributed by atoms with van der Waals surface area (Å²) in [6, 6.07) is 0. The summed E-state index contributed by atoms with van der Waals surface area (Å²) < 4.78 is 18.7. The summed E-state index contributed by atoms with van der Waals surface area (Å²) in [7, 11) is -1.77. The van der Waals surface area contributed by atoms with Gasteiger partial charge in [0.2, 0.25) is 0 Å². The van der Waals surface area contributed by atoms with Crippen LogP contribution in [-0.2, 0) is 18.7 Å². The highest BCUT2D eigenvalue weighted by Crippen LogP contribution is 2.52. The van der Waals surface area contributed by atoms with E-state index in [-0.39, 0.29) is 28.6 Å². The van der Waals surface area contributed by atoms with E-state index in [1.165, 1.54) is 11.1 Å². The molecule has 1 aliphatic heterocycles. The molecule has 0 aromatic rings. The molecule has 202 valence electrons. The van der Waals surface area contributed by atoms with Crippen molar-refractivity contribution in [2.24, 2.45) is 22.7 Å². The predicted molar refractivity (Wildman–Crippen MR) is 149 cm³/mol. The lowest BCUT2D eigenvalue weighted by Crippen LogP contribution is -2.42. The molecule has 1 heterocycles. The van der Waals surface area contributed by atoms with Crippen molar-refractivity contribution in [3.63, 3.8) is 0 Å². The first kappa shape index (κ1) is 30.3. The summed E-state index contributed by atoms with van der Waals surface area (Å²) >= 11 is 0. The smallest absolute Gasteiger partial charge is 0.311 e. The van der Waals surface area contributed by atoms with Gasteiger partial charge in [-0.05, 0) is 94.3 Å². The number of hydrogen-bond acceptors (Lipinski definition) is 4. The molecule has 2 aliphatic rings. The molecule has 0 N–H and O–H groups in total. The lowest BCUT2D eigenvalue weighted by molar-refractivity contribution is -0.158. The number of rotatable bonds is 9. The first-order valence-electron chi connectivity index (χ1n) is 13.7. The van der Waals surface area contributed by atoms with Gasteiger partial charge in [-0.3, -0.25) is 4.79 Å². The zero-order chi connectivity index (χ0) is 26.8. The van der Waals surface area contributed by atoms with E-state index >= 15 is 0 Å². The van der Waals surface area contributed by atoms with Crippen LogP contribution in [0.2, 0.25) is 18.1 Å². The van der Waals surface area contributed by atoms with Gasteiger partial charge in [0.05, 0.1) is 17.6 Å². The Hall–Kier alpha value is -0.913. The zero-order valence-electron chi connectivity index (χ0n) is 24.8. The van der Waals surface area contributed by atoms with Crippen LogP contribution in [0.5, 0.6) is 0 Å². The van der Waals surface area contributed by atoms with E-state index in [0.29, 0.717) is 18.4 Å². The van der Waals surface area contributed by atoms with Crippen molar-refractivity contribution >= 4 is 14.3 Å². The Morgan fingerprint density at radius 2 is 1.77 bits per heavy atom. The highest BCUT2D eigenvalue weighted by atomic mass is 28.4. The summed E-state index contributed by atoms with van der Waals surface area (Å²) in [6.07, 6.45) is 8.61. The third-order valence-corrected chi connectivity index (χ3v) is 13.4. The fraction of sp³-hybridized carbons (Fsp3) is 0.833. The van der Waals surface area contributed by atoms with Gasteiger partial charge < -0.3 is 13.9 Å². The minimum absolute atomic E-state index is 0.0416. The van der Waals surface area contributed by atoms with Crippen LogP contribution < -0.4 is 0 Å². The van der Waals surface area contributed by atoms with E-state index in [2.05, 4.69) is 73.7 Å². The number of carbonyl (C=O) groups is 1. The van der Waals surface area contributed by atoms with Crippen molar-refractivity contribution in [3.8, 4) is 0 Å². The summed E-state index contributed by atoms with van der Waals surface area (Å²) in [5.74, 6) is 1.07. The number of allylic oxidation sites excluding steroid dienone is 1. The molecule has 35 heavy (non-hydrogen) atoms. The average Bonchev–Trinajstić information content (AvgIpc) is 3.02. The molecule has 0 aromatic carbocycles. The van der Waals surface area contributed by atoms with Gasteiger partial charge >= 0.3 is 5.97 Å². The predicted octanol–water partition coefficient (Wildman–Crippen LogP) is 8.09. The second kappa shape index (κ2) is 11.2. The Morgan fingerprint density at radius 1 is 1.14 bits per heavy atom. The SMILES string of the molecule is CC1=CC[C@@H](COC(=O)C(C)(C)C)O[C@H]1CC1=CC[C@@H](C(C)C)[C@]1(C)CCO[Si](C)(C)C(C)(C)C. The molecule has 5 heteroatoms. The van der Waals surface area contributed by atoms with Gasteiger partial charge in [0.15, 0.2) is 8.32 Å². The highest BCUT2D eigenvalue weighted by Gasteiger charge is 2.44. The third kappa shape index (κ3) is 7.55. The van der Waals surface area contributed by atoms with E-state index in [1.54, 1.807) is 0 Å². The fourth-order valence-electron chi connectivity index (χ4n) is 5.15. The second-order valence-corrected chi connectivity index (χ2v) is 18.9. The van der Waals surface area contributed by atoms with Crippen LogP contribution in [0.15, 0.2) is 23.3 Å². The normalized spacial score (nSPS) is 28.2. The second-order valence-electron chi connectivity index (χ2n) is 14.1. The molecule has 0 fully saturated rings. The van der Waals surface area contributed by atoms with Crippen LogP contribution in [-0.4, -0.2) is 39.7 Å². The maximum atomic E-state index is 12.2. The third-order valence-electron chi connectivity index (χ3n) is 8.85. The Bertz CT molecular complexity index is 796. The van der Waals surface area contributed by atoms with Crippen molar-refractivity contribution in [1.29, 1.82) is 0 Å². The largest absolute Gasteiger partial charge is 0.463 e. The van der Waals surface area contributed by atoms with Gasteiger partial charge in [-0.15, -0.1) is 0 Å². The Kier molecular flexibility index (Phi) is 9.72. The molecule has 0 saturated carbocycles. The van der Waals surface area contributed by atoms with Crippen LogP contribution in [0.25, 0.3) is 0 Å². The van der Waals surface area contributed by atoms with Crippen LogP contribution in [0.3, 0.4) is 0 Å². The molecule has 1 aliphatic carbocycles. The minimum atomic E-state index is -1.77. The molecule has 0 amide bonds. The Balaban J connectivity index is 2.09. The van der Waals surface area contributed by atoms with Gasteiger partial charge in [0.25, 0.3) is 0 Å². The maximum absolute atomic E-state index is 12.2. The molecule has 2 rings (SSSR count). The number of carbonyl (C=O) groups excluding carboxylic acids is 1. The van der Waals surface area contributed by atoms with Gasteiger partial charge in [0, 0.05) is 6.61 Å². The number of hydrogen-bond donors (Lipinski definition) is 0. The van der Waals surface area contributed by atoms with E-state index in [0.717, 1.165) is 32.3 Å². The van der Waals surface area contributed by atoms with E-state index < -0.39 is 13.7 Å². The van der Waals surface area contributed by atoms with E-state index in [9.17, 15) is 4.79 Å². The van der Waals surface area contributed by atoms with Crippen molar-refractivity contribution in [2.75, 3.05) is 13.2 Å². The summed E-state index contributed by atoms with van der Waals surface area (Å²) in [5, 5.41) is 0.225. The number of esters is 1. The van der Waals surface area contributed by atoms with Crippen LogP contribution in [0, 0.1) is 22.7 Å². The highest BCUT2D eigenvalue weighted by molar-refractivity contribution is 6.74. The lowest BCUT2D eigenvalue weighted by Gasteiger charge is -2.41. The van der Waals surface area contributed by atoms with Crippen molar-refractivity contribution in [2.45, 2.75) is 125 Å². The molecular weight excluding hydrogens is 452 g/mol. The molecule has 0 radical (unpaired) electrons. The van der Waals surface area contributed by atoms with Crippen molar-refractivity contribution < 1.29 is 18.7 Å². The zero-order valence-corrected chi connectivity index (χ0v) is 25.8. The van der Waals surface area contributed by atoms with Crippen LogP contribution in [0.4, 0.5) is 0 Å². The standard InChI is InChI=1S/C30H54O4Si/c1-21(2)25-16-14-23(30(25,10)17-18-33-35(11,12)29(7,8)9)19-26-22(3)13-15-24(34-26)20-32-27(31)28(4,5)6/h13-14,21,24-26H,15-20H2,1-12H3/t24-,25-,26-,30+/m0/s1. The quantitative estimate of drug-likeness (QED) is 0.180. The van der Waals surface area contributed by atoms with Gasteiger partial charge in [-0.2, -0.15) is 0 Å². The molecule has 4 nitrogen and oxygen atoms in total. The number of ether oxygens (including phenoxy) is 2. The summed E-state index contributed by atoms with van der Waals surface area (Å²) in [6.45, 7) is 27.8. The molecule has 4 atom stereocenters. The van der Waals surface area contributed by atoms with Gasteiger partial charge in [-0.1, -0.05) is 59.3 Å². The van der Waals surface area contributed by atoms with Gasteiger partial charge in [-0.25, -0.2) is 0 Å². The monoisotopic (exact) mass is 506 g/mol. The topological polar surface area (TPSA) is 44.8 Å². The van der Waals surface area contributed by atoms with Crippen molar-refractivity contribution in [1.82, 2.24) is 0 Å². The maximum Gasteiger partial charge on any atom is 0.311 e. The van der Waals surface area contributed by atoms with Crippen LogP contribution in [0.1, 0.15) is 94.9 Å². The molecule has 0 unspecified atom stereocenters. The first-order chi connectivity index (χ1) is 15.9. The first-order valence-corrected chi connectivity index (χ1v) is 16.6. The molecular formula is C30H54O4Si. The molecule has 0 aromatic heterocycles. The minimum Gasteiger partial charge on any atom is -0.463 e.